The van der Waals surface area contributed by atoms with E-state index in [4.69, 9.17) is 4.74 Å². The number of aryl methyl sites for hydroxylation is 2. The maximum atomic E-state index is 12.7. The third kappa shape index (κ3) is 4.41. The molecular formula is C22H27N5O3S. The minimum atomic E-state index is -3.76. The Bertz CT molecular complexity index is 1160. The monoisotopic (exact) mass is 441 g/mol. The molecule has 1 aliphatic rings. The van der Waals surface area contributed by atoms with Gasteiger partial charge in [0.1, 0.15) is 23.5 Å². The van der Waals surface area contributed by atoms with Crippen LogP contribution < -0.4 is 9.46 Å². The van der Waals surface area contributed by atoms with Gasteiger partial charge in [-0.3, -0.25) is 9.40 Å². The molecule has 1 aromatic carbocycles. The normalized spacial score (nSPS) is 21.6. The van der Waals surface area contributed by atoms with Crippen LogP contribution in [0, 0.1) is 6.92 Å². The Labute approximate surface area is 182 Å². The number of ether oxygens (including phenoxy) is 1. The predicted molar refractivity (Wildman–Crippen MR) is 117 cm³/mol. The van der Waals surface area contributed by atoms with Gasteiger partial charge in [0, 0.05) is 31.1 Å². The summed E-state index contributed by atoms with van der Waals surface area (Å²) in [4.78, 5) is 7.88. The van der Waals surface area contributed by atoms with Gasteiger partial charge >= 0.3 is 0 Å². The fourth-order valence-corrected chi connectivity index (χ4v) is 5.41. The summed E-state index contributed by atoms with van der Waals surface area (Å²) in [6.45, 7) is 4.01. The van der Waals surface area contributed by atoms with Gasteiger partial charge < -0.3 is 4.74 Å². The van der Waals surface area contributed by atoms with Crippen LogP contribution in [0.25, 0.3) is 0 Å². The van der Waals surface area contributed by atoms with Crippen LogP contribution in [0.4, 0.5) is 5.82 Å². The maximum absolute atomic E-state index is 12.7. The summed E-state index contributed by atoms with van der Waals surface area (Å²) in [7, 11) is -1.80. The molecule has 31 heavy (non-hydrogen) atoms. The number of benzene rings is 1. The Kier molecular flexibility index (Phi) is 5.70. The molecule has 0 unspecified atom stereocenters. The third-order valence-corrected chi connectivity index (χ3v) is 7.34. The first-order valence-electron chi connectivity index (χ1n) is 10.3. The molecule has 1 fully saturated rings. The van der Waals surface area contributed by atoms with Crippen molar-refractivity contribution in [2.75, 3.05) is 4.72 Å². The predicted octanol–water partition coefficient (Wildman–Crippen LogP) is 3.81. The van der Waals surface area contributed by atoms with Gasteiger partial charge in [0.15, 0.2) is 0 Å². The van der Waals surface area contributed by atoms with Crippen molar-refractivity contribution in [2.45, 2.75) is 55.9 Å². The molecule has 0 spiro atoms. The number of hydrogen-bond acceptors (Lipinski definition) is 6. The summed E-state index contributed by atoms with van der Waals surface area (Å²) in [6, 6.07) is 8.49. The van der Waals surface area contributed by atoms with E-state index >= 15 is 0 Å². The molecule has 1 N–H and O–H groups in total. The van der Waals surface area contributed by atoms with Crippen LogP contribution in [-0.2, 0) is 17.1 Å². The molecule has 2 aromatic heterocycles. The van der Waals surface area contributed by atoms with E-state index < -0.39 is 15.6 Å². The highest BCUT2D eigenvalue weighted by molar-refractivity contribution is 7.92. The van der Waals surface area contributed by atoms with Crippen molar-refractivity contribution in [3.8, 4) is 5.75 Å². The fourth-order valence-electron chi connectivity index (χ4n) is 4.32. The highest BCUT2D eigenvalue weighted by Crippen LogP contribution is 2.44. The molecule has 8 nitrogen and oxygen atoms in total. The molecule has 0 amide bonds. The summed E-state index contributed by atoms with van der Waals surface area (Å²) < 4.78 is 36.4. The van der Waals surface area contributed by atoms with E-state index in [1.54, 1.807) is 18.2 Å². The standard InChI is InChI=1S/C22H27N5O3S/c1-16-14-17(31(28,29)26-21-10-12-23-15-24-21)7-8-20(16)30-22(2)11-5-4-6-18(22)19-9-13-25-27(19)3/h7-10,12-15,18H,4-6,11H2,1-3H3,(H,23,24,26)/t18-,22-/m1/s1. The Morgan fingerprint density at radius 3 is 2.71 bits per heavy atom. The number of nitrogens with one attached hydrogen (secondary N) is 1. The van der Waals surface area contributed by atoms with Crippen LogP contribution in [0.5, 0.6) is 5.75 Å². The Balaban J connectivity index is 1.58. The zero-order valence-electron chi connectivity index (χ0n) is 17.9. The van der Waals surface area contributed by atoms with Crippen molar-refractivity contribution in [1.82, 2.24) is 19.7 Å². The van der Waals surface area contributed by atoms with E-state index in [-0.39, 0.29) is 16.6 Å². The lowest BCUT2D eigenvalue weighted by atomic mass is 9.74. The first-order valence-corrected chi connectivity index (χ1v) is 11.8. The van der Waals surface area contributed by atoms with E-state index in [1.807, 2.05) is 24.9 Å². The van der Waals surface area contributed by atoms with E-state index in [1.165, 1.54) is 18.6 Å². The molecule has 2 heterocycles. The summed E-state index contributed by atoms with van der Waals surface area (Å²) in [5, 5.41) is 4.33. The first kappa shape index (κ1) is 21.3. The minimum Gasteiger partial charge on any atom is -0.487 e. The zero-order chi connectivity index (χ0) is 22.1. The molecule has 1 aliphatic carbocycles. The second-order valence-electron chi connectivity index (χ2n) is 8.22. The van der Waals surface area contributed by atoms with Crippen molar-refractivity contribution < 1.29 is 13.2 Å². The lowest BCUT2D eigenvalue weighted by Crippen LogP contribution is -2.42. The molecule has 1 saturated carbocycles. The van der Waals surface area contributed by atoms with E-state index in [0.717, 1.165) is 36.9 Å². The van der Waals surface area contributed by atoms with E-state index in [0.29, 0.717) is 5.75 Å². The largest absolute Gasteiger partial charge is 0.487 e. The van der Waals surface area contributed by atoms with E-state index in [9.17, 15) is 8.42 Å². The number of nitrogens with zero attached hydrogens (tertiary/aromatic N) is 4. The molecule has 4 rings (SSSR count). The fraction of sp³-hybridized carbons (Fsp3) is 0.409. The summed E-state index contributed by atoms with van der Waals surface area (Å²) in [6.07, 6.45) is 8.81. The van der Waals surface area contributed by atoms with Crippen LogP contribution in [-0.4, -0.2) is 33.8 Å². The van der Waals surface area contributed by atoms with Crippen LogP contribution in [0.1, 0.15) is 49.8 Å². The second kappa shape index (κ2) is 8.30. The van der Waals surface area contributed by atoms with Crippen molar-refractivity contribution in [1.29, 1.82) is 0 Å². The molecule has 0 aliphatic heterocycles. The average Bonchev–Trinajstić information content (AvgIpc) is 3.15. The maximum Gasteiger partial charge on any atom is 0.263 e. The Morgan fingerprint density at radius 2 is 2.03 bits per heavy atom. The molecule has 9 heteroatoms. The molecular weight excluding hydrogens is 414 g/mol. The highest BCUT2D eigenvalue weighted by atomic mass is 32.2. The molecule has 0 saturated heterocycles. The zero-order valence-corrected chi connectivity index (χ0v) is 18.8. The highest BCUT2D eigenvalue weighted by Gasteiger charge is 2.41. The van der Waals surface area contributed by atoms with Crippen LogP contribution in [0.3, 0.4) is 0 Å². The summed E-state index contributed by atoms with van der Waals surface area (Å²) in [5.74, 6) is 1.13. The minimum absolute atomic E-state index is 0.160. The van der Waals surface area contributed by atoms with Gasteiger partial charge in [-0.05, 0) is 69.0 Å². The Hall–Kier alpha value is -2.94. The Morgan fingerprint density at radius 1 is 1.19 bits per heavy atom. The van der Waals surface area contributed by atoms with Gasteiger partial charge in [-0.15, -0.1) is 0 Å². The van der Waals surface area contributed by atoms with Gasteiger partial charge in [0.2, 0.25) is 0 Å². The van der Waals surface area contributed by atoms with Crippen LogP contribution >= 0.6 is 0 Å². The smallest absolute Gasteiger partial charge is 0.263 e. The summed E-state index contributed by atoms with van der Waals surface area (Å²) in [5.41, 5.74) is 1.53. The lowest BCUT2D eigenvalue weighted by Gasteiger charge is -2.42. The van der Waals surface area contributed by atoms with Crippen LogP contribution in [0.2, 0.25) is 0 Å². The first-order chi connectivity index (χ1) is 14.8. The average molecular weight is 442 g/mol. The lowest BCUT2D eigenvalue weighted by molar-refractivity contribution is 0.0226. The van der Waals surface area contributed by atoms with Crippen molar-refractivity contribution in [3.05, 3.63) is 60.3 Å². The van der Waals surface area contributed by atoms with Crippen LogP contribution in [0.15, 0.2) is 53.9 Å². The van der Waals surface area contributed by atoms with Crippen molar-refractivity contribution >= 4 is 15.8 Å². The topological polar surface area (TPSA) is 99.0 Å². The van der Waals surface area contributed by atoms with Gasteiger partial charge in [-0.2, -0.15) is 5.10 Å². The SMILES string of the molecule is Cc1cc(S(=O)(=O)Nc2ccncn2)ccc1O[C@]1(C)CCCC[C@@H]1c1ccnn1C. The van der Waals surface area contributed by atoms with E-state index in [2.05, 4.69) is 32.8 Å². The summed E-state index contributed by atoms with van der Waals surface area (Å²) >= 11 is 0. The number of sulfonamides is 1. The van der Waals surface area contributed by atoms with Gasteiger partial charge in [-0.25, -0.2) is 18.4 Å². The third-order valence-electron chi connectivity index (χ3n) is 5.99. The molecule has 0 bridgehead atoms. The van der Waals surface area contributed by atoms with Crippen molar-refractivity contribution in [2.24, 2.45) is 7.05 Å². The van der Waals surface area contributed by atoms with Gasteiger partial charge in [-0.1, -0.05) is 6.42 Å². The van der Waals surface area contributed by atoms with Gasteiger partial charge in [0.05, 0.1) is 4.90 Å². The molecule has 2 atom stereocenters. The molecule has 0 radical (unpaired) electrons. The van der Waals surface area contributed by atoms with Gasteiger partial charge in [0.25, 0.3) is 10.0 Å². The number of aromatic nitrogens is 4. The quantitative estimate of drug-likeness (QED) is 0.624. The molecule has 164 valence electrons. The number of hydrogen-bond donors (Lipinski definition) is 1. The number of rotatable bonds is 6. The number of anilines is 1. The van der Waals surface area contributed by atoms with Crippen molar-refractivity contribution in [3.63, 3.8) is 0 Å². The molecule has 3 aromatic rings. The second-order valence-corrected chi connectivity index (χ2v) is 9.90.